The van der Waals surface area contributed by atoms with E-state index in [2.05, 4.69) is 6.92 Å². The number of rotatable bonds is 4. The Bertz CT molecular complexity index is 27.3. The Hall–Kier alpha value is 1.23. The van der Waals surface area contributed by atoms with E-state index in [-0.39, 0.29) is 0 Å². The summed E-state index contributed by atoms with van der Waals surface area (Å²) in [7, 11) is 5.66. The SMILES string of the molecule is CCCC[CH2][Hg][Cl]. The standard InChI is InChI=1S/C5H11.ClH.Hg/c1-3-5-4-2;;/h1,3-5H2,2H3;1H;/q;;+1/p-1. The van der Waals surface area contributed by atoms with Gasteiger partial charge in [0.05, 0.1) is 0 Å². The molecule has 0 aromatic rings. The number of unbranched alkanes of at least 4 members (excludes halogenated alkanes) is 2. The third kappa shape index (κ3) is 7.23. The Balaban J connectivity index is 2.45. The Labute approximate surface area is 61.5 Å². The van der Waals surface area contributed by atoms with Gasteiger partial charge >= 0.3 is 61.7 Å². The van der Waals surface area contributed by atoms with Gasteiger partial charge < -0.3 is 0 Å². The summed E-state index contributed by atoms with van der Waals surface area (Å²) in [5, 5.41) is 0. The molecule has 0 spiro atoms. The molecule has 0 amide bonds. The molecule has 0 N–H and O–H groups in total. The second kappa shape index (κ2) is 7.23. The molecule has 0 nitrogen and oxygen atoms in total. The molecule has 0 unspecified atom stereocenters. The molecular weight excluding hydrogens is 296 g/mol. The van der Waals surface area contributed by atoms with Crippen molar-refractivity contribution in [3.8, 4) is 0 Å². The third-order valence-electron chi connectivity index (χ3n) is 0.987. The first-order valence-electron chi connectivity index (χ1n) is 2.97. The molecule has 40 valence electrons. The monoisotopic (exact) mass is 308 g/mol. The average molecular weight is 307 g/mol. The van der Waals surface area contributed by atoms with Crippen molar-refractivity contribution in [2.24, 2.45) is 0 Å². The van der Waals surface area contributed by atoms with E-state index in [0.717, 1.165) is 0 Å². The quantitative estimate of drug-likeness (QED) is 0.553. The predicted octanol–water partition coefficient (Wildman–Crippen LogP) is 2.83. The summed E-state index contributed by atoms with van der Waals surface area (Å²) in [6.45, 7) is 2.23. The Morgan fingerprint density at radius 1 is 1.43 bits per heavy atom. The van der Waals surface area contributed by atoms with Crippen molar-refractivity contribution in [3.05, 3.63) is 0 Å². The summed E-state index contributed by atoms with van der Waals surface area (Å²) >= 11 is -0.715. The molecule has 0 aliphatic rings. The Kier molecular flexibility index (Phi) is 8.49. The number of hydrogen-bond acceptors (Lipinski definition) is 0. The molecule has 0 aliphatic carbocycles. The van der Waals surface area contributed by atoms with Crippen molar-refractivity contribution in [1.82, 2.24) is 0 Å². The van der Waals surface area contributed by atoms with E-state index in [1.807, 2.05) is 0 Å². The van der Waals surface area contributed by atoms with Crippen molar-refractivity contribution < 1.29 is 23.3 Å². The number of halogens is 1. The molecule has 7 heavy (non-hydrogen) atoms. The van der Waals surface area contributed by atoms with E-state index >= 15 is 0 Å². The Morgan fingerprint density at radius 3 is 2.57 bits per heavy atom. The van der Waals surface area contributed by atoms with E-state index in [4.69, 9.17) is 8.25 Å². The minimum atomic E-state index is -0.715. The molecule has 2 heteroatoms. The summed E-state index contributed by atoms with van der Waals surface area (Å²) in [6, 6.07) is 0. The van der Waals surface area contributed by atoms with Gasteiger partial charge in [0.2, 0.25) is 0 Å². The van der Waals surface area contributed by atoms with Gasteiger partial charge in [0.15, 0.2) is 0 Å². The van der Waals surface area contributed by atoms with Gasteiger partial charge in [-0.3, -0.25) is 0 Å². The maximum absolute atomic E-state index is 5.66. The molecule has 0 aliphatic heterocycles. The predicted molar refractivity (Wildman–Crippen MR) is 30.2 cm³/mol. The third-order valence-corrected chi connectivity index (χ3v) is 6.32. The fraction of sp³-hybridized carbons (Fsp3) is 1.00. The summed E-state index contributed by atoms with van der Waals surface area (Å²) in [4.78, 5) is 0. The van der Waals surface area contributed by atoms with Gasteiger partial charge in [-0.05, 0) is 0 Å². The topological polar surface area (TPSA) is 0 Å². The van der Waals surface area contributed by atoms with Crippen LogP contribution in [0.15, 0.2) is 0 Å². The van der Waals surface area contributed by atoms with Crippen LogP contribution in [0.25, 0.3) is 0 Å². The van der Waals surface area contributed by atoms with Crippen LogP contribution in [0.4, 0.5) is 0 Å². The fourth-order valence-electron chi connectivity index (χ4n) is 0.521. The van der Waals surface area contributed by atoms with Gasteiger partial charge in [-0.15, -0.1) is 0 Å². The molecule has 0 aromatic heterocycles. The summed E-state index contributed by atoms with van der Waals surface area (Å²) in [5.41, 5.74) is 0. The van der Waals surface area contributed by atoms with E-state index in [0.29, 0.717) is 0 Å². The molecule has 0 atom stereocenters. The van der Waals surface area contributed by atoms with Gasteiger partial charge in [-0.25, -0.2) is 0 Å². The van der Waals surface area contributed by atoms with Gasteiger partial charge in [-0.1, -0.05) is 0 Å². The molecule has 0 radical (unpaired) electrons. The van der Waals surface area contributed by atoms with Gasteiger partial charge in [-0.2, -0.15) is 0 Å². The zero-order valence-corrected chi connectivity index (χ0v) is 11.2. The van der Waals surface area contributed by atoms with E-state index < -0.39 is 23.3 Å². The average Bonchev–Trinajstić information content (AvgIpc) is 1.69. The summed E-state index contributed by atoms with van der Waals surface area (Å²) < 4.78 is 1.41. The molecule has 0 bridgehead atoms. The van der Waals surface area contributed by atoms with Crippen LogP contribution in [0.5, 0.6) is 0 Å². The van der Waals surface area contributed by atoms with E-state index in [9.17, 15) is 0 Å². The molecular formula is C5H11ClHg. The molecule has 0 saturated heterocycles. The van der Waals surface area contributed by atoms with Crippen LogP contribution in [0.1, 0.15) is 26.2 Å². The van der Waals surface area contributed by atoms with Crippen LogP contribution in [0.2, 0.25) is 3.93 Å². The van der Waals surface area contributed by atoms with Crippen LogP contribution in [-0.4, -0.2) is 0 Å². The zero-order valence-electron chi connectivity index (χ0n) is 4.91. The Morgan fingerprint density at radius 2 is 2.14 bits per heavy atom. The summed E-state index contributed by atoms with van der Waals surface area (Å²) in [6.07, 6.45) is 4.14. The van der Waals surface area contributed by atoms with Crippen molar-refractivity contribution in [1.29, 1.82) is 0 Å². The molecule has 0 heterocycles. The van der Waals surface area contributed by atoms with Crippen LogP contribution >= 0.6 is 8.25 Å². The van der Waals surface area contributed by atoms with Crippen molar-refractivity contribution in [2.45, 2.75) is 30.1 Å². The zero-order chi connectivity index (χ0) is 5.54. The second-order valence-electron chi connectivity index (χ2n) is 1.75. The van der Waals surface area contributed by atoms with Gasteiger partial charge in [0, 0.05) is 0 Å². The number of hydrogen-bond donors (Lipinski definition) is 0. The van der Waals surface area contributed by atoms with Gasteiger partial charge in [0.25, 0.3) is 0 Å². The van der Waals surface area contributed by atoms with Crippen LogP contribution < -0.4 is 0 Å². The van der Waals surface area contributed by atoms with E-state index in [1.165, 1.54) is 23.2 Å². The molecule has 0 fully saturated rings. The fourth-order valence-corrected chi connectivity index (χ4v) is 4.29. The molecule has 0 aromatic carbocycles. The van der Waals surface area contributed by atoms with Crippen LogP contribution in [-0.2, 0) is 23.3 Å². The van der Waals surface area contributed by atoms with Crippen LogP contribution in [0.3, 0.4) is 0 Å². The maximum atomic E-state index is 5.66. The molecule has 0 rings (SSSR count). The van der Waals surface area contributed by atoms with E-state index in [1.54, 1.807) is 0 Å². The van der Waals surface area contributed by atoms with Crippen molar-refractivity contribution in [3.63, 3.8) is 0 Å². The first-order chi connectivity index (χ1) is 3.41. The first-order valence-corrected chi connectivity index (χ1v) is 13.6. The first kappa shape index (κ1) is 8.23. The van der Waals surface area contributed by atoms with Crippen molar-refractivity contribution >= 4 is 8.25 Å². The molecule has 0 saturated carbocycles. The van der Waals surface area contributed by atoms with Gasteiger partial charge in [0.1, 0.15) is 0 Å². The second-order valence-corrected chi connectivity index (χ2v) is 9.28. The minimum absolute atomic E-state index is 0.715. The van der Waals surface area contributed by atoms with Crippen LogP contribution in [0, 0.1) is 0 Å². The van der Waals surface area contributed by atoms with Crippen molar-refractivity contribution in [2.75, 3.05) is 0 Å². The summed E-state index contributed by atoms with van der Waals surface area (Å²) in [5.74, 6) is 0. The normalized spacial score (nSPS) is 8.29.